The zero-order chi connectivity index (χ0) is 22.4. The fourth-order valence-electron chi connectivity index (χ4n) is 2.71. The van der Waals surface area contributed by atoms with Crippen molar-refractivity contribution in [3.63, 3.8) is 0 Å². The second-order valence-electron chi connectivity index (χ2n) is 6.40. The van der Waals surface area contributed by atoms with Crippen LogP contribution in [-0.4, -0.2) is 18.4 Å². The third kappa shape index (κ3) is 6.02. The van der Waals surface area contributed by atoms with Gasteiger partial charge in [0.15, 0.2) is 0 Å². The summed E-state index contributed by atoms with van der Waals surface area (Å²) in [5.74, 6) is -0.395. The Kier molecular flexibility index (Phi) is 6.86. The summed E-state index contributed by atoms with van der Waals surface area (Å²) in [5.41, 5.74) is -0.402. The van der Waals surface area contributed by atoms with Crippen LogP contribution in [0.1, 0.15) is 21.7 Å². The molecule has 2 aromatic carbocycles. The summed E-state index contributed by atoms with van der Waals surface area (Å²) >= 11 is 5.58. The second-order valence-corrected chi connectivity index (χ2v) is 6.81. The number of para-hydroxylation sites is 1. The van der Waals surface area contributed by atoms with Crippen molar-refractivity contribution < 1.29 is 27.2 Å². The molecule has 0 aliphatic carbocycles. The summed E-state index contributed by atoms with van der Waals surface area (Å²) in [6, 6.07) is 13.0. The topological polar surface area (TPSA) is 83.4 Å². The van der Waals surface area contributed by atoms with Gasteiger partial charge in [-0.3, -0.25) is 9.59 Å². The van der Waals surface area contributed by atoms with Gasteiger partial charge in [-0.2, -0.15) is 13.2 Å². The molecule has 0 fully saturated rings. The lowest BCUT2D eigenvalue weighted by Crippen LogP contribution is -2.26. The van der Waals surface area contributed by atoms with Gasteiger partial charge in [0, 0.05) is 11.4 Å². The van der Waals surface area contributed by atoms with E-state index in [0.717, 1.165) is 12.1 Å². The van der Waals surface area contributed by atoms with Crippen molar-refractivity contribution in [2.45, 2.75) is 12.7 Å². The highest BCUT2D eigenvalue weighted by molar-refractivity contribution is 6.31. The summed E-state index contributed by atoms with van der Waals surface area (Å²) in [6.45, 7) is -0.0782. The van der Waals surface area contributed by atoms with Gasteiger partial charge in [-0.15, -0.1) is 0 Å². The lowest BCUT2D eigenvalue weighted by molar-refractivity contribution is -0.137. The molecule has 0 unspecified atom stereocenters. The Balaban J connectivity index is 1.61. The molecule has 3 rings (SSSR count). The van der Waals surface area contributed by atoms with Gasteiger partial charge in [-0.25, -0.2) is 0 Å². The van der Waals surface area contributed by atoms with Crippen LogP contribution in [0.25, 0.3) is 0 Å². The number of halogens is 4. The highest BCUT2D eigenvalue weighted by Gasteiger charge is 2.33. The maximum Gasteiger partial charge on any atom is 0.417 e. The summed E-state index contributed by atoms with van der Waals surface area (Å²) < 4.78 is 44.0. The molecule has 0 saturated heterocycles. The molecular weight excluding hydrogens is 435 g/mol. The number of rotatable bonds is 7. The first-order valence-corrected chi connectivity index (χ1v) is 9.42. The first-order chi connectivity index (χ1) is 14.7. The highest BCUT2D eigenvalue weighted by atomic mass is 35.5. The number of carbonyl (C=O) groups excluding carboxylic acids is 2. The SMILES string of the molecule is O=C(CNc1ccccc1C(=O)NCc1ccco1)Nc1ccc(Cl)c(C(F)(F)F)c1. The zero-order valence-corrected chi connectivity index (χ0v) is 16.7. The van der Waals surface area contributed by atoms with Crippen molar-refractivity contribution in [3.8, 4) is 0 Å². The van der Waals surface area contributed by atoms with Gasteiger partial charge < -0.3 is 20.4 Å². The molecule has 0 aliphatic rings. The Morgan fingerprint density at radius 1 is 1.03 bits per heavy atom. The molecule has 10 heteroatoms. The van der Waals surface area contributed by atoms with Crippen LogP contribution < -0.4 is 16.0 Å². The fraction of sp³-hybridized carbons (Fsp3) is 0.143. The van der Waals surface area contributed by atoms with Gasteiger partial charge in [-0.05, 0) is 42.5 Å². The van der Waals surface area contributed by atoms with E-state index in [1.165, 1.54) is 12.3 Å². The first kappa shape index (κ1) is 22.2. The van der Waals surface area contributed by atoms with Crippen LogP contribution in [0.2, 0.25) is 5.02 Å². The molecule has 0 saturated carbocycles. The van der Waals surface area contributed by atoms with Crippen LogP contribution in [-0.2, 0) is 17.5 Å². The van der Waals surface area contributed by atoms with Gasteiger partial charge in [0.1, 0.15) is 5.76 Å². The molecule has 1 heterocycles. The van der Waals surface area contributed by atoms with Gasteiger partial charge in [-0.1, -0.05) is 23.7 Å². The van der Waals surface area contributed by atoms with Crippen molar-refractivity contribution in [2.75, 3.05) is 17.2 Å². The predicted octanol–water partition coefficient (Wildman–Crippen LogP) is 4.93. The standard InChI is InChI=1S/C21H17ClF3N3O3/c22-17-8-7-13(10-16(17)21(23,24)25)28-19(29)12-26-18-6-2-1-5-15(18)20(30)27-11-14-4-3-9-31-14/h1-10,26H,11-12H2,(H,27,30)(H,28,29). The van der Waals surface area contributed by atoms with Crippen LogP contribution >= 0.6 is 11.6 Å². The smallest absolute Gasteiger partial charge is 0.417 e. The minimum Gasteiger partial charge on any atom is -0.467 e. The van der Waals surface area contributed by atoms with Crippen molar-refractivity contribution in [1.29, 1.82) is 0 Å². The van der Waals surface area contributed by atoms with Crippen LogP contribution in [0.15, 0.2) is 65.3 Å². The number of nitrogens with one attached hydrogen (secondary N) is 3. The number of furan rings is 1. The Hall–Kier alpha value is -3.46. The molecule has 31 heavy (non-hydrogen) atoms. The van der Waals surface area contributed by atoms with Crippen LogP contribution in [0.5, 0.6) is 0 Å². The van der Waals surface area contributed by atoms with Crippen molar-refractivity contribution >= 4 is 34.8 Å². The molecule has 0 radical (unpaired) electrons. The number of benzene rings is 2. The number of alkyl halides is 3. The number of carbonyl (C=O) groups is 2. The zero-order valence-electron chi connectivity index (χ0n) is 15.9. The third-order valence-electron chi connectivity index (χ3n) is 4.17. The van der Waals surface area contributed by atoms with E-state index in [4.69, 9.17) is 16.0 Å². The second kappa shape index (κ2) is 9.57. The van der Waals surface area contributed by atoms with Gasteiger partial charge in [0.2, 0.25) is 5.91 Å². The maximum absolute atomic E-state index is 13.0. The molecule has 1 aromatic heterocycles. The van der Waals surface area contributed by atoms with E-state index in [1.54, 1.807) is 36.4 Å². The predicted molar refractivity (Wildman–Crippen MR) is 110 cm³/mol. The molecule has 0 atom stereocenters. The minimum atomic E-state index is -4.64. The van der Waals surface area contributed by atoms with Crippen LogP contribution in [0.3, 0.4) is 0 Å². The number of hydrogen-bond donors (Lipinski definition) is 3. The van der Waals surface area contributed by atoms with E-state index in [2.05, 4.69) is 16.0 Å². The summed E-state index contributed by atoms with van der Waals surface area (Å²) in [5, 5.41) is 7.43. The summed E-state index contributed by atoms with van der Waals surface area (Å²) in [6.07, 6.45) is -3.15. The quantitative estimate of drug-likeness (QED) is 0.475. The minimum absolute atomic E-state index is 0.0481. The number of anilines is 2. The molecule has 0 bridgehead atoms. The van der Waals surface area contributed by atoms with E-state index in [0.29, 0.717) is 17.0 Å². The highest BCUT2D eigenvalue weighted by Crippen LogP contribution is 2.36. The Morgan fingerprint density at radius 2 is 1.81 bits per heavy atom. The van der Waals surface area contributed by atoms with E-state index >= 15 is 0 Å². The number of hydrogen-bond acceptors (Lipinski definition) is 4. The van der Waals surface area contributed by atoms with Gasteiger partial charge in [0.25, 0.3) is 5.91 Å². The molecule has 3 aromatic rings. The van der Waals surface area contributed by atoms with Crippen molar-refractivity contribution in [3.05, 3.63) is 82.8 Å². The molecule has 0 spiro atoms. The molecule has 0 aliphatic heterocycles. The third-order valence-corrected chi connectivity index (χ3v) is 4.50. The number of amides is 2. The van der Waals surface area contributed by atoms with E-state index in [-0.39, 0.29) is 24.7 Å². The monoisotopic (exact) mass is 451 g/mol. The van der Waals surface area contributed by atoms with Crippen LogP contribution in [0.4, 0.5) is 24.5 Å². The van der Waals surface area contributed by atoms with Gasteiger partial charge >= 0.3 is 6.18 Å². The Labute approximate surface area is 180 Å². The van der Waals surface area contributed by atoms with E-state index in [9.17, 15) is 22.8 Å². The van der Waals surface area contributed by atoms with E-state index < -0.39 is 22.7 Å². The van der Waals surface area contributed by atoms with Crippen molar-refractivity contribution in [1.82, 2.24) is 5.32 Å². The first-order valence-electron chi connectivity index (χ1n) is 9.04. The van der Waals surface area contributed by atoms with E-state index in [1.807, 2.05) is 0 Å². The van der Waals surface area contributed by atoms with Gasteiger partial charge in [0.05, 0.1) is 35.5 Å². The molecule has 3 N–H and O–H groups in total. The average Bonchev–Trinajstić information content (AvgIpc) is 3.25. The summed E-state index contributed by atoms with van der Waals surface area (Å²) in [4.78, 5) is 24.6. The largest absolute Gasteiger partial charge is 0.467 e. The van der Waals surface area contributed by atoms with Crippen LogP contribution in [0, 0.1) is 0 Å². The molecule has 2 amide bonds. The maximum atomic E-state index is 13.0. The molecule has 162 valence electrons. The Bertz CT molecular complexity index is 1070. The summed E-state index contributed by atoms with van der Waals surface area (Å²) in [7, 11) is 0. The Morgan fingerprint density at radius 3 is 2.52 bits per heavy atom. The lowest BCUT2D eigenvalue weighted by Gasteiger charge is -2.13. The average molecular weight is 452 g/mol. The van der Waals surface area contributed by atoms with Crippen molar-refractivity contribution in [2.24, 2.45) is 0 Å². The molecular formula is C21H17ClF3N3O3. The normalized spacial score (nSPS) is 11.1. The molecule has 6 nitrogen and oxygen atoms in total. The lowest BCUT2D eigenvalue weighted by atomic mass is 10.1. The fourth-order valence-corrected chi connectivity index (χ4v) is 2.94.